The molecule has 0 aliphatic heterocycles. The maximum Gasteiger partial charge on any atom is 0.133 e. The third-order valence-electron chi connectivity index (χ3n) is 5.16. The van der Waals surface area contributed by atoms with E-state index in [1.165, 1.54) is 12.4 Å². The van der Waals surface area contributed by atoms with Crippen molar-refractivity contribution in [2.75, 3.05) is 12.4 Å². The average Bonchev–Trinajstić information content (AvgIpc) is 3.30. The Kier molecular flexibility index (Phi) is 10.7. The first-order chi connectivity index (χ1) is 17.6. The third kappa shape index (κ3) is 6.51. The first-order valence-corrected chi connectivity index (χ1v) is 11.5. The van der Waals surface area contributed by atoms with Crippen LogP contribution in [0.1, 0.15) is 42.2 Å². The van der Waals surface area contributed by atoms with Gasteiger partial charge in [-0.3, -0.25) is 4.98 Å². The van der Waals surface area contributed by atoms with E-state index in [4.69, 9.17) is 4.98 Å². The molecule has 4 rings (SSSR count). The van der Waals surface area contributed by atoms with Crippen molar-refractivity contribution in [1.29, 1.82) is 0 Å². The Labute approximate surface area is 212 Å². The van der Waals surface area contributed by atoms with Crippen molar-refractivity contribution in [2.45, 2.75) is 27.2 Å². The second-order valence-corrected chi connectivity index (χ2v) is 7.25. The van der Waals surface area contributed by atoms with Crippen molar-refractivity contribution in [3.8, 4) is 24.0 Å². The van der Waals surface area contributed by atoms with Gasteiger partial charge in [-0.15, -0.1) is 12.8 Å². The number of anilines is 1. The van der Waals surface area contributed by atoms with Gasteiger partial charge >= 0.3 is 0 Å². The van der Waals surface area contributed by atoms with Gasteiger partial charge in [0.1, 0.15) is 18.0 Å². The second kappa shape index (κ2) is 14.0. The van der Waals surface area contributed by atoms with E-state index < -0.39 is 0 Å². The van der Waals surface area contributed by atoms with Crippen LogP contribution in [0, 0.1) is 25.6 Å². The molecule has 0 spiro atoms. The number of allylic oxidation sites excluding steroid dienone is 2. The molecule has 7 heteroatoms. The maximum absolute atomic E-state index is 14.7. The summed E-state index contributed by atoms with van der Waals surface area (Å²) in [6.45, 7) is 9.83. The quantitative estimate of drug-likeness (QED) is 0.241. The summed E-state index contributed by atoms with van der Waals surface area (Å²) in [4.78, 5) is 20.4. The lowest BCUT2D eigenvalue weighted by Gasteiger charge is -2.12. The predicted octanol–water partition coefficient (Wildman–Crippen LogP) is 6.24. The van der Waals surface area contributed by atoms with E-state index in [0.717, 1.165) is 33.9 Å². The number of hydrogen-bond acceptors (Lipinski definition) is 5. The highest BCUT2D eigenvalue weighted by Gasteiger charge is 2.16. The maximum atomic E-state index is 14.7. The van der Waals surface area contributed by atoms with E-state index in [9.17, 15) is 4.39 Å². The number of terminal acetylenes is 1. The minimum Gasteiger partial charge on any atom is -0.388 e. The zero-order chi connectivity index (χ0) is 26.5. The van der Waals surface area contributed by atoms with E-state index in [2.05, 4.69) is 44.7 Å². The van der Waals surface area contributed by atoms with Gasteiger partial charge in [0.25, 0.3) is 0 Å². The Hall–Kier alpha value is -4.57. The highest BCUT2D eigenvalue weighted by molar-refractivity contribution is 5.80. The fourth-order valence-corrected chi connectivity index (χ4v) is 3.67. The molecule has 2 N–H and O–H groups in total. The number of aryl methyl sites for hydroxylation is 1. The number of nitrogens with zero attached hydrogens (tertiary/aromatic N) is 4. The topological polar surface area (TPSA) is 79.4 Å². The molecular formula is C29H31FN6. The monoisotopic (exact) mass is 482 g/mol. The van der Waals surface area contributed by atoms with Crippen molar-refractivity contribution in [3.05, 3.63) is 108 Å². The van der Waals surface area contributed by atoms with Crippen molar-refractivity contribution in [2.24, 2.45) is 0 Å². The number of imidazole rings is 1. The van der Waals surface area contributed by atoms with E-state index in [-0.39, 0.29) is 5.82 Å². The molecule has 3 aromatic heterocycles. The minimum atomic E-state index is -0.335. The standard InChI is InChI=1S/C25H23FN6.C2H6.C2H2/c1-4-5-20(17-6-8-28-9-7-17)25-16(2)31-24(32-25)11-18-10-21(19-13-29-15-30-14-19)22(26)12-23(18)27-3;2*1-2/h4-10,12-15,27H,1,11H2,2-3H3,(H,31,32);1-2H3;1-2H/b20-5-;;. The van der Waals surface area contributed by atoms with Crippen LogP contribution in [0.4, 0.5) is 10.1 Å². The normalized spacial score (nSPS) is 10.4. The number of aromatic amines is 1. The molecular weight excluding hydrogens is 451 g/mol. The van der Waals surface area contributed by atoms with Crippen LogP contribution in [-0.4, -0.2) is 32.0 Å². The Balaban J connectivity index is 0.00000109. The second-order valence-electron chi connectivity index (χ2n) is 7.25. The van der Waals surface area contributed by atoms with Gasteiger partial charge in [0.15, 0.2) is 0 Å². The molecule has 0 bridgehead atoms. The van der Waals surface area contributed by atoms with Crippen LogP contribution in [0.25, 0.3) is 16.7 Å². The molecule has 0 unspecified atom stereocenters. The lowest BCUT2D eigenvalue weighted by molar-refractivity contribution is 0.631. The molecule has 3 heterocycles. The lowest BCUT2D eigenvalue weighted by Crippen LogP contribution is -2.01. The van der Waals surface area contributed by atoms with E-state index >= 15 is 0 Å². The van der Waals surface area contributed by atoms with Gasteiger partial charge in [-0.1, -0.05) is 32.6 Å². The van der Waals surface area contributed by atoms with Crippen molar-refractivity contribution in [1.82, 2.24) is 24.9 Å². The summed E-state index contributed by atoms with van der Waals surface area (Å²) in [6.07, 6.45) is 20.3. The number of hydrogen-bond donors (Lipinski definition) is 2. The fourth-order valence-electron chi connectivity index (χ4n) is 3.67. The molecule has 0 saturated heterocycles. The van der Waals surface area contributed by atoms with Crippen LogP contribution in [0.3, 0.4) is 0 Å². The van der Waals surface area contributed by atoms with Gasteiger partial charge in [0.05, 0.1) is 5.69 Å². The van der Waals surface area contributed by atoms with Gasteiger partial charge in [-0.05, 0) is 42.3 Å². The molecule has 0 saturated carbocycles. The fraction of sp³-hybridized carbons (Fsp3) is 0.172. The first-order valence-electron chi connectivity index (χ1n) is 11.5. The first kappa shape index (κ1) is 27.7. The van der Waals surface area contributed by atoms with Crippen LogP contribution in [0.15, 0.2) is 74.1 Å². The van der Waals surface area contributed by atoms with Crippen LogP contribution >= 0.6 is 0 Å². The number of H-pyrrole nitrogens is 1. The molecule has 0 aliphatic carbocycles. The molecule has 6 nitrogen and oxygen atoms in total. The van der Waals surface area contributed by atoms with E-state index in [1.807, 2.05) is 45.0 Å². The Morgan fingerprint density at radius 2 is 1.78 bits per heavy atom. The summed E-state index contributed by atoms with van der Waals surface area (Å²) in [5, 5.41) is 3.08. The summed E-state index contributed by atoms with van der Waals surface area (Å²) in [7, 11) is 1.77. The Morgan fingerprint density at radius 1 is 1.11 bits per heavy atom. The predicted molar refractivity (Wildman–Crippen MR) is 146 cm³/mol. The molecule has 0 aliphatic rings. The van der Waals surface area contributed by atoms with Gasteiger partial charge in [0, 0.05) is 66.3 Å². The van der Waals surface area contributed by atoms with Gasteiger partial charge in [0.2, 0.25) is 0 Å². The summed E-state index contributed by atoms with van der Waals surface area (Å²) in [5.74, 6) is 0.443. The molecule has 184 valence electrons. The minimum absolute atomic E-state index is 0.335. The number of nitrogens with one attached hydrogen (secondary N) is 2. The third-order valence-corrected chi connectivity index (χ3v) is 5.16. The van der Waals surface area contributed by atoms with Crippen LogP contribution in [-0.2, 0) is 6.42 Å². The van der Waals surface area contributed by atoms with Gasteiger partial charge < -0.3 is 10.3 Å². The summed E-state index contributed by atoms with van der Waals surface area (Å²) >= 11 is 0. The summed E-state index contributed by atoms with van der Waals surface area (Å²) in [5.41, 5.74) is 6.43. The van der Waals surface area contributed by atoms with Crippen molar-refractivity contribution in [3.63, 3.8) is 0 Å². The number of aromatic nitrogens is 5. The molecule has 0 atom stereocenters. The Morgan fingerprint density at radius 3 is 2.39 bits per heavy atom. The van der Waals surface area contributed by atoms with Crippen LogP contribution in [0.5, 0.6) is 0 Å². The Bertz CT molecular complexity index is 1310. The molecule has 4 aromatic rings. The number of benzene rings is 1. The van der Waals surface area contributed by atoms with Crippen LogP contribution in [0.2, 0.25) is 0 Å². The summed E-state index contributed by atoms with van der Waals surface area (Å²) in [6, 6.07) is 7.20. The highest BCUT2D eigenvalue weighted by atomic mass is 19.1. The molecule has 0 fully saturated rings. The lowest BCUT2D eigenvalue weighted by atomic mass is 10.0. The number of rotatable bonds is 7. The largest absolute Gasteiger partial charge is 0.388 e. The summed E-state index contributed by atoms with van der Waals surface area (Å²) < 4.78 is 14.7. The van der Waals surface area contributed by atoms with Gasteiger partial charge in [-0.25, -0.2) is 19.3 Å². The van der Waals surface area contributed by atoms with E-state index in [1.54, 1.807) is 37.9 Å². The molecule has 0 radical (unpaired) electrons. The number of pyridine rings is 1. The molecule has 0 amide bonds. The van der Waals surface area contributed by atoms with Crippen LogP contribution < -0.4 is 5.32 Å². The van der Waals surface area contributed by atoms with Crippen molar-refractivity contribution < 1.29 is 4.39 Å². The zero-order valence-corrected chi connectivity index (χ0v) is 21.1. The van der Waals surface area contributed by atoms with Gasteiger partial charge in [-0.2, -0.15) is 0 Å². The SMILES string of the molecule is C#C.C=C/C=C(/c1ccncc1)c1nc(Cc2cc(-c3cncnc3)c(F)cc2NC)[nH]c1C.CC. The van der Waals surface area contributed by atoms with Crippen molar-refractivity contribution >= 4 is 11.3 Å². The molecule has 36 heavy (non-hydrogen) atoms. The average molecular weight is 483 g/mol. The number of halogens is 1. The highest BCUT2D eigenvalue weighted by Crippen LogP contribution is 2.30. The van der Waals surface area contributed by atoms with E-state index in [0.29, 0.717) is 23.2 Å². The smallest absolute Gasteiger partial charge is 0.133 e. The zero-order valence-electron chi connectivity index (χ0n) is 21.1. The molecule has 1 aromatic carbocycles.